The fraction of sp³-hybridized carbons (Fsp3) is 0.280. The van der Waals surface area contributed by atoms with Crippen molar-refractivity contribution < 1.29 is 19.3 Å². The van der Waals surface area contributed by atoms with Crippen molar-refractivity contribution in [2.75, 3.05) is 13.2 Å². The second-order valence-electron chi connectivity index (χ2n) is 8.45. The molecule has 0 aliphatic carbocycles. The summed E-state index contributed by atoms with van der Waals surface area (Å²) in [5.41, 5.74) is 7.89. The standard InChI is InChI=1S/C25H25N3O4/c1-3-24(2,29)14-30-18-7-9-22-20(12-18)25(15-31-23(26)28-25)19-11-16(6-8-21(19)32-22)17-5-4-10-27-13-17/h4-13,29H,3,14-15H2,1-2H3,(H2,26,28). The van der Waals surface area contributed by atoms with Crippen molar-refractivity contribution in [2.24, 2.45) is 10.7 Å². The van der Waals surface area contributed by atoms with Gasteiger partial charge in [-0.2, -0.15) is 0 Å². The van der Waals surface area contributed by atoms with Gasteiger partial charge in [0, 0.05) is 29.1 Å². The van der Waals surface area contributed by atoms with E-state index in [2.05, 4.69) is 11.1 Å². The molecule has 1 aromatic heterocycles. The third-order valence-electron chi connectivity index (χ3n) is 6.08. The fourth-order valence-electron chi connectivity index (χ4n) is 3.98. The average Bonchev–Trinajstić information content (AvgIpc) is 3.21. The van der Waals surface area contributed by atoms with Crippen molar-refractivity contribution in [2.45, 2.75) is 31.4 Å². The van der Waals surface area contributed by atoms with E-state index in [1.54, 1.807) is 13.1 Å². The van der Waals surface area contributed by atoms with Crippen LogP contribution in [-0.4, -0.2) is 34.9 Å². The van der Waals surface area contributed by atoms with E-state index in [-0.39, 0.29) is 19.2 Å². The van der Waals surface area contributed by atoms with Crippen LogP contribution in [0.25, 0.3) is 11.1 Å². The van der Waals surface area contributed by atoms with E-state index in [9.17, 15) is 5.11 Å². The van der Waals surface area contributed by atoms with E-state index < -0.39 is 11.1 Å². The van der Waals surface area contributed by atoms with Gasteiger partial charge in [-0.05, 0) is 55.3 Å². The molecule has 3 heterocycles. The lowest BCUT2D eigenvalue weighted by atomic mass is 9.80. The number of nitrogens with zero attached hydrogens (tertiary/aromatic N) is 2. The lowest BCUT2D eigenvalue weighted by Gasteiger charge is -2.34. The molecule has 5 rings (SSSR count). The van der Waals surface area contributed by atoms with E-state index in [0.717, 1.165) is 22.3 Å². The Bertz CT molecular complexity index is 1190. The number of aliphatic hydroxyl groups is 1. The molecule has 0 bridgehead atoms. The Labute approximate surface area is 186 Å². The van der Waals surface area contributed by atoms with Crippen LogP contribution in [0.1, 0.15) is 31.4 Å². The zero-order chi connectivity index (χ0) is 22.3. The second-order valence-corrected chi connectivity index (χ2v) is 8.45. The summed E-state index contributed by atoms with van der Waals surface area (Å²) in [6, 6.07) is 15.6. The predicted molar refractivity (Wildman–Crippen MR) is 121 cm³/mol. The highest BCUT2D eigenvalue weighted by Gasteiger charge is 2.47. The number of pyridine rings is 1. The SMILES string of the molecule is CCC(C)(O)COc1ccc2c(c1)C1(COC(N)=N1)c1cc(-c3cccnc3)ccc1O2. The Hall–Kier alpha value is -3.58. The molecule has 0 fully saturated rings. The first-order valence-electron chi connectivity index (χ1n) is 10.6. The van der Waals surface area contributed by atoms with E-state index >= 15 is 0 Å². The topological polar surface area (TPSA) is 99.2 Å². The highest BCUT2D eigenvalue weighted by molar-refractivity contribution is 5.78. The van der Waals surface area contributed by atoms with E-state index in [4.69, 9.17) is 24.9 Å². The van der Waals surface area contributed by atoms with Gasteiger partial charge in [0.2, 0.25) is 0 Å². The highest BCUT2D eigenvalue weighted by atomic mass is 16.5. The minimum atomic E-state index is -0.908. The molecule has 3 aromatic rings. The maximum absolute atomic E-state index is 10.3. The van der Waals surface area contributed by atoms with Crippen LogP contribution >= 0.6 is 0 Å². The van der Waals surface area contributed by atoms with Crippen LogP contribution < -0.4 is 15.2 Å². The third kappa shape index (κ3) is 3.44. The first kappa shape index (κ1) is 20.3. The maximum Gasteiger partial charge on any atom is 0.283 e. The Balaban J connectivity index is 1.60. The highest BCUT2D eigenvalue weighted by Crippen LogP contribution is 2.52. The number of benzene rings is 2. The molecule has 7 nitrogen and oxygen atoms in total. The summed E-state index contributed by atoms with van der Waals surface area (Å²) in [6.45, 7) is 4.11. The first-order chi connectivity index (χ1) is 15.4. The minimum absolute atomic E-state index is 0.135. The van der Waals surface area contributed by atoms with Crippen molar-refractivity contribution >= 4 is 6.02 Å². The van der Waals surface area contributed by atoms with E-state index in [1.807, 2.05) is 55.6 Å². The molecule has 7 heteroatoms. The van der Waals surface area contributed by atoms with Crippen molar-refractivity contribution in [3.63, 3.8) is 0 Å². The lowest BCUT2D eigenvalue weighted by molar-refractivity contribution is 0.00840. The van der Waals surface area contributed by atoms with Crippen molar-refractivity contribution in [3.8, 4) is 28.4 Å². The smallest absolute Gasteiger partial charge is 0.283 e. The number of amidine groups is 1. The maximum atomic E-state index is 10.3. The quantitative estimate of drug-likeness (QED) is 0.634. The van der Waals surface area contributed by atoms with Gasteiger partial charge in [-0.15, -0.1) is 0 Å². The number of hydrogen-bond donors (Lipinski definition) is 2. The van der Waals surface area contributed by atoms with Gasteiger partial charge in [0.25, 0.3) is 6.02 Å². The molecular formula is C25H25N3O4. The second kappa shape index (κ2) is 7.53. The average molecular weight is 431 g/mol. The largest absolute Gasteiger partial charge is 0.491 e. The van der Waals surface area contributed by atoms with Crippen molar-refractivity contribution in [1.29, 1.82) is 0 Å². The molecule has 3 N–H and O–H groups in total. The number of hydrogen-bond acceptors (Lipinski definition) is 7. The number of aliphatic imine (C=N–C) groups is 1. The van der Waals surface area contributed by atoms with Gasteiger partial charge in [0.15, 0.2) is 5.54 Å². The number of aromatic nitrogens is 1. The van der Waals surface area contributed by atoms with Gasteiger partial charge in [-0.25, -0.2) is 4.99 Å². The van der Waals surface area contributed by atoms with Crippen LogP contribution in [0.5, 0.6) is 17.2 Å². The molecule has 0 radical (unpaired) electrons. The molecule has 1 spiro atoms. The number of ether oxygens (including phenoxy) is 3. The van der Waals surface area contributed by atoms with Crippen LogP contribution in [0.15, 0.2) is 65.9 Å². The lowest BCUT2D eigenvalue weighted by Crippen LogP contribution is -2.32. The van der Waals surface area contributed by atoms with Gasteiger partial charge in [-0.1, -0.05) is 19.1 Å². The summed E-state index contributed by atoms with van der Waals surface area (Å²) in [5, 5.41) is 10.3. The van der Waals surface area contributed by atoms with Crippen molar-refractivity contribution in [3.05, 3.63) is 72.1 Å². The Kier molecular flexibility index (Phi) is 4.78. The van der Waals surface area contributed by atoms with Gasteiger partial charge < -0.3 is 25.1 Å². The summed E-state index contributed by atoms with van der Waals surface area (Å²) in [5.74, 6) is 1.99. The molecule has 164 valence electrons. The number of rotatable bonds is 5. The Morgan fingerprint density at radius 3 is 2.59 bits per heavy atom. The summed E-state index contributed by atoms with van der Waals surface area (Å²) >= 11 is 0. The van der Waals surface area contributed by atoms with Crippen LogP contribution in [0.4, 0.5) is 0 Å². The molecule has 2 unspecified atom stereocenters. The first-order valence-corrected chi connectivity index (χ1v) is 10.6. The van der Waals surface area contributed by atoms with Crippen LogP contribution in [0.2, 0.25) is 0 Å². The summed E-state index contributed by atoms with van der Waals surface area (Å²) < 4.78 is 17.8. The van der Waals surface area contributed by atoms with Gasteiger partial charge in [0.05, 0.1) is 5.60 Å². The Morgan fingerprint density at radius 1 is 1.12 bits per heavy atom. The number of fused-ring (bicyclic) bond motifs is 4. The van der Waals surface area contributed by atoms with Gasteiger partial charge in [0.1, 0.15) is 30.5 Å². The summed E-state index contributed by atoms with van der Waals surface area (Å²) in [4.78, 5) is 8.96. The Morgan fingerprint density at radius 2 is 1.91 bits per heavy atom. The molecule has 0 saturated heterocycles. The zero-order valence-electron chi connectivity index (χ0n) is 18.0. The van der Waals surface area contributed by atoms with Crippen molar-refractivity contribution in [1.82, 2.24) is 4.98 Å². The minimum Gasteiger partial charge on any atom is -0.491 e. The van der Waals surface area contributed by atoms with Crippen LogP contribution in [0.3, 0.4) is 0 Å². The van der Waals surface area contributed by atoms with Gasteiger partial charge in [-0.3, -0.25) is 4.98 Å². The zero-order valence-corrected chi connectivity index (χ0v) is 18.0. The monoisotopic (exact) mass is 431 g/mol. The van der Waals surface area contributed by atoms with E-state index in [1.165, 1.54) is 0 Å². The van der Waals surface area contributed by atoms with Crippen LogP contribution in [-0.2, 0) is 10.3 Å². The predicted octanol–water partition coefficient (Wildman–Crippen LogP) is 3.98. The molecule has 2 aromatic carbocycles. The molecule has 2 aliphatic heterocycles. The molecular weight excluding hydrogens is 406 g/mol. The normalized spacial score (nSPS) is 20.4. The van der Waals surface area contributed by atoms with Gasteiger partial charge >= 0.3 is 0 Å². The molecule has 0 saturated carbocycles. The summed E-state index contributed by atoms with van der Waals surface area (Å²) in [6.07, 6.45) is 4.15. The summed E-state index contributed by atoms with van der Waals surface area (Å²) in [7, 11) is 0. The molecule has 32 heavy (non-hydrogen) atoms. The molecule has 0 amide bonds. The third-order valence-corrected chi connectivity index (χ3v) is 6.08. The van der Waals surface area contributed by atoms with E-state index in [0.29, 0.717) is 23.7 Å². The fourth-order valence-corrected chi connectivity index (χ4v) is 3.98. The van der Waals surface area contributed by atoms with Crippen LogP contribution in [0, 0.1) is 0 Å². The molecule has 2 atom stereocenters. The molecule has 2 aliphatic rings. The number of nitrogens with two attached hydrogens (primary N) is 1.